The lowest BCUT2D eigenvalue weighted by atomic mass is 9.83. The molecule has 25 heavy (non-hydrogen) atoms. The monoisotopic (exact) mass is 370 g/mol. The first-order valence-corrected chi connectivity index (χ1v) is 8.90. The number of hydrogen-bond acceptors (Lipinski definition) is 6. The van der Waals surface area contributed by atoms with Crippen molar-refractivity contribution in [3.05, 3.63) is 53.6 Å². The first-order chi connectivity index (χ1) is 11.5. The van der Waals surface area contributed by atoms with E-state index in [2.05, 4.69) is 4.52 Å². The summed E-state index contributed by atoms with van der Waals surface area (Å²) in [6, 6.07) is 9.02. The van der Waals surface area contributed by atoms with E-state index in [1.807, 2.05) is 0 Å². The van der Waals surface area contributed by atoms with Crippen molar-refractivity contribution in [3.8, 4) is 17.2 Å². The maximum atomic E-state index is 11.1. The average Bonchev–Trinajstić information content (AvgIpc) is 2.45. The van der Waals surface area contributed by atoms with Crippen molar-refractivity contribution in [2.24, 2.45) is 0 Å². The van der Waals surface area contributed by atoms with Crippen molar-refractivity contribution in [2.75, 3.05) is 0 Å². The molecule has 6 N–H and O–H groups in total. The molecule has 0 radical (unpaired) electrons. The van der Waals surface area contributed by atoms with Gasteiger partial charge in [0.1, 0.15) is 17.2 Å². The fourth-order valence-electron chi connectivity index (χ4n) is 2.70. The molecule has 0 fully saturated rings. The van der Waals surface area contributed by atoms with Gasteiger partial charge in [0.15, 0.2) is 0 Å². The van der Waals surface area contributed by atoms with Crippen LogP contribution in [-0.2, 0) is 10.4 Å². The second-order valence-corrected chi connectivity index (χ2v) is 6.71. The smallest absolute Gasteiger partial charge is 0.508 e. The molecular formula is C16H19O8P. The molecule has 0 heterocycles. The number of aliphatic hydroxyl groups is 2. The third-order valence-electron chi connectivity index (χ3n) is 3.75. The standard InChI is InChI=1S/C16H19O8P/c1-2-13(10-4-3-5-11(17)8-10)16(19,20)14-7-6-12(18)9-15(14)24-25(21,22)23/h3-9,13,17-20H,2H2,1H3,(H2,21,22,23). The summed E-state index contributed by atoms with van der Waals surface area (Å²) in [4.78, 5) is 18.0. The fraction of sp³-hybridized carbons (Fsp3) is 0.250. The minimum absolute atomic E-state index is 0.0656. The maximum Gasteiger partial charge on any atom is 0.524 e. The summed E-state index contributed by atoms with van der Waals surface area (Å²) in [6.07, 6.45) is 0.229. The first-order valence-electron chi connectivity index (χ1n) is 7.37. The van der Waals surface area contributed by atoms with E-state index in [9.17, 15) is 25.0 Å². The number of phenolic OH excluding ortho intramolecular Hbond substituents is 2. The zero-order valence-corrected chi connectivity index (χ0v) is 14.2. The number of rotatable bonds is 6. The highest BCUT2D eigenvalue weighted by Crippen LogP contribution is 2.47. The van der Waals surface area contributed by atoms with E-state index < -0.39 is 25.3 Å². The highest BCUT2D eigenvalue weighted by Gasteiger charge is 2.40. The van der Waals surface area contributed by atoms with Crippen LogP contribution in [0.3, 0.4) is 0 Å². The fourth-order valence-corrected chi connectivity index (χ4v) is 3.11. The summed E-state index contributed by atoms with van der Waals surface area (Å²) in [6.45, 7) is 1.68. The van der Waals surface area contributed by atoms with E-state index in [1.165, 1.54) is 18.2 Å². The highest BCUT2D eigenvalue weighted by molar-refractivity contribution is 7.46. The SMILES string of the molecule is CCC(c1cccc(O)c1)C(O)(O)c1ccc(O)cc1OP(=O)(O)O. The molecule has 0 spiro atoms. The van der Waals surface area contributed by atoms with Crippen LogP contribution < -0.4 is 4.52 Å². The Morgan fingerprint density at radius 2 is 1.72 bits per heavy atom. The molecule has 136 valence electrons. The summed E-state index contributed by atoms with van der Waals surface area (Å²) in [5.41, 5.74) is 0.0755. The van der Waals surface area contributed by atoms with Crippen molar-refractivity contribution >= 4 is 7.82 Å². The van der Waals surface area contributed by atoms with E-state index in [4.69, 9.17) is 9.79 Å². The van der Waals surface area contributed by atoms with E-state index in [-0.39, 0.29) is 23.5 Å². The molecule has 2 rings (SSSR count). The number of phenols is 2. The predicted octanol–water partition coefficient (Wildman–Crippen LogP) is 1.90. The average molecular weight is 370 g/mol. The first kappa shape index (κ1) is 19.2. The van der Waals surface area contributed by atoms with Crippen LogP contribution in [0.5, 0.6) is 17.2 Å². The Hall–Kier alpha value is -2.09. The van der Waals surface area contributed by atoms with E-state index in [1.54, 1.807) is 13.0 Å². The van der Waals surface area contributed by atoms with Gasteiger partial charge in [0.2, 0.25) is 5.79 Å². The molecule has 0 aliphatic rings. The maximum absolute atomic E-state index is 11.1. The Morgan fingerprint density at radius 1 is 1.08 bits per heavy atom. The molecule has 0 aliphatic carbocycles. The number of hydrogen-bond donors (Lipinski definition) is 6. The zero-order chi connectivity index (χ0) is 18.8. The largest absolute Gasteiger partial charge is 0.524 e. The quantitative estimate of drug-likeness (QED) is 0.334. The van der Waals surface area contributed by atoms with Crippen LogP contribution in [0.2, 0.25) is 0 Å². The van der Waals surface area contributed by atoms with Crippen LogP contribution >= 0.6 is 7.82 Å². The summed E-state index contributed by atoms with van der Waals surface area (Å²) in [5.74, 6) is -4.52. The molecule has 0 aliphatic heterocycles. The number of aromatic hydroxyl groups is 2. The predicted molar refractivity (Wildman–Crippen MR) is 88.0 cm³/mol. The third kappa shape index (κ3) is 4.50. The lowest BCUT2D eigenvalue weighted by molar-refractivity contribution is -0.189. The summed E-state index contributed by atoms with van der Waals surface area (Å²) in [5, 5.41) is 40.6. The molecule has 0 aromatic heterocycles. The van der Waals surface area contributed by atoms with Crippen molar-refractivity contribution in [1.29, 1.82) is 0 Å². The van der Waals surface area contributed by atoms with Crippen LogP contribution in [0.15, 0.2) is 42.5 Å². The highest BCUT2D eigenvalue weighted by atomic mass is 31.2. The van der Waals surface area contributed by atoms with Crippen LogP contribution in [0.25, 0.3) is 0 Å². The number of phosphoric acid groups is 1. The van der Waals surface area contributed by atoms with Gasteiger partial charge in [-0.15, -0.1) is 0 Å². The van der Waals surface area contributed by atoms with Gasteiger partial charge in [-0.25, -0.2) is 4.57 Å². The Morgan fingerprint density at radius 3 is 2.28 bits per heavy atom. The van der Waals surface area contributed by atoms with Gasteiger partial charge in [0, 0.05) is 12.0 Å². The minimum atomic E-state index is -5.00. The van der Waals surface area contributed by atoms with E-state index in [0.717, 1.165) is 18.2 Å². The Kier molecular flexibility index (Phi) is 5.41. The lowest BCUT2D eigenvalue weighted by Crippen LogP contribution is -2.33. The summed E-state index contributed by atoms with van der Waals surface area (Å²) >= 11 is 0. The molecule has 0 saturated heterocycles. The van der Waals surface area contributed by atoms with Gasteiger partial charge in [0.25, 0.3) is 0 Å². The van der Waals surface area contributed by atoms with Gasteiger partial charge in [0.05, 0.1) is 5.56 Å². The van der Waals surface area contributed by atoms with Gasteiger partial charge in [-0.1, -0.05) is 19.1 Å². The molecule has 1 unspecified atom stereocenters. The molecule has 0 amide bonds. The van der Waals surface area contributed by atoms with E-state index >= 15 is 0 Å². The Balaban J connectivity index is 2.55. The molecule has 0 bridgehead atoms. The number of phosphoric ester groups is 1. The molecule has 8 nitrogen and oxygen atoms in total. The third-order valence-corrected chi connectivity index (χ3v) is 4.18. The van der Waals surface area contributed by atoms with Gasteiger partial charge < -0.3 is 24.9 Å². The van der Waals surface area contributed by atoms with Crippen LogP contribution in [0.4, 0.5) is 0 Å². The van der Waals surface area contributed by atoms with Crippen molar-refractivity contribution in [1.82, 2.24) is 0 Å². The van der Waals surface area contributed by atoms with Crippen LogP contribution in [0.1, 0.15) is 30.4 Å². The minimum Gasteiger partial charge on any atom is -0.508 e. The van der Waals surface area contributed by atoms with Crippen molar-refractivity contribution < 1.29 is 39.3 Å². The van der Waals surface area contributed by atoms with Gasteiger partial charge in [-0.3, -0.25) is 9.79 Å². The molecule has 2 aromatic rings. The Bertz CT molecular complexity index is 798. The Labute approximate surface area is 143 Å². The van der Waals surface area contributed by atoms with Gasteiger partial charge in [-0.05, 0) is 36.2 Å². The van der Waals surface area contributed by atoms with Crippen LogP contribution in [-0.4, -0.2) is 30.2 Å². The number of benzene rings is 2. The summed E-state index contributed by atoms with van der Waals surface area (Å²) in [7, 11) is -5.00. The second kappa shape index (κ2) is 7.03. The zero-order valence-electron chi connectivity index (χ0n) is 13.3. The lowest BCUT2D eigenvalue weighted by Gasteiger charge is -2.32. The van der Waals surface area contributed by atoms with E-state index in [0.29, 0.717) is 5.56 Å². The summed E-state index contributed by atoms with van der Waals surface area (Å²) < 4.78 is 15.6. The van der Waals surface area contributed by atoms with Crippen molar-refractivity contribution in [2.45, 2.75) is 25.0 Å². The molecule has 1 atom stereocenters. The molecular weight excluding hydrogens is 351 g/mol. The van der Waals surface area contributed by atoms with Gasteiger partial charge in [-0.2, -0.15) is 0 Å². The normalized spacial score (nSPS) is 13.5. The molecule has 0 saturated carbocycles. The molecule has 2 aromatic carbocycles. The van der Waals surface area contributed by atoms with Gasteiger partial charge >= 0.3 is 7.82 Å². The second-order valence-electron chi connectivity index (χ2n) is 5.54. The molecule has 9 heteroatoms. The topological polar surface area (TPSA) is 148 Å². The van der Waals surface area contributed by atoms with Crippen molar-refractivity contribution in [3.63, 3.8) is 0 Å². The van der Waals surface area contributed by atoms with Crippen LogP contribution in [0, 0.1) is 0 Å².